The van der Waals surface area contributed by atoms with Crippen LogP contribution in [0, 0.1) is 12.8 Å². The number of rotatable bonds is 15. The summed E-state index contributed by atoms with van der Waals surface area (Å²) in [5.74, 6) is 0.973. The summed E-state index contributed by atoms with van der Waals surface area (Å²) in [5.41, 5.74) is 5.59. The van der Waals surface area contributed by atoms with E-state index in [1.807, 2.05) is 76.1 Å². The molecule has 2 aromatic carbocycles. The van der Waals surface area contributed by atoms with E-state index in [1.165, 1.54) is 0 Å². The maximum atomic E-state index is 13.8. The Balaban J connectivity index is 1.68. The van der Waals surface area contributed by atoms with Crippen molar-refractivity contribution >= 4 is 23.8 Å². The Morgan fingerprint density at radius 1 is 1.06 bits per heavy atom. The Hall–Kier alpha value is -4.15. The average Bonchev–Trinajstić information content (AvgIpc) is 3.65. The number of nitrogens with zero attached hydrogens (tertiary/aromatic N) is 2. The molecule has 2 aliphatic rings. The first-order valence-electron chi connectivity index (χ1n) is 17.1. The summed E-state index contributed by atoms with van der Waals surface area (Å²) in [6, 6.07) is 9.58. The van der Waals surface area contributed by atoms with E-state index in [9.17, 15) is 14.4 Å². The zero-order chi connectivity index (χ0) is 34.6. The van der Waals surface area contributed by atoms with Gasteiger partial charge in [0.25, 0.3) is 5.91 Å². The van der Waals surface area contributed by atoms with Crippen molar-refractivity contribution in [3.05, 3.63) is 64.4 Å². The van der Waals surface area contributed by atoms with E-state index in [-0.39, 0.29) is 24.3 Å². The molecule has 2 aromatic rings. The number of benzene rings is 2. The first-order chi connectivity index (χ1) is 23.2. The first kappa shape index (κ1) is 36.7. The number of allylic oxidation sites excluding steroid dienone is 3. The molecule has 2 amide bonds. The Kier molecular flexibility index (Phi) is 13.6. The first-order valence-corrected chi connectivity index (χ1v) is 17.1. The molecular formula is C38H52N4O6. The molecule has 260 valence electrons. The summed E-state index contributed by atoms with van der Waals surface area (Å²) in [6.45, 7) is 12.7. The van der Waals surface area contributed by atoms with Gasteiger partial charge in [-0.05, 0) is 93.1 Å². The third-order valence-corrected chi connectivity index (χ3v) is 9.38. The molecule has 0 spiro atoms. The molecule has 10 heteroatoms. The highest BCUT2D eigenvalue weighted by molar-refractivity contribution is 6.03. The second kappa shape index (κ2) is 17.8. The van der Waals surface area contributed by atoms with E-state index in [0.717, 1.165) is 87.2 Å². The molecule has 1 saturated carbocycles. The third-order valence-electron chi connectivity index (χ3n) is 9.38. The van der Waals surface area contributed by atoms with Crippen molar-refractivity contribution in [1.29, 1.82) is 0 Å². The number of morpholine rings is 1. The second-order valence-electron chi connectivity index (χ2n) is 12.5. The predicted octanol–water partition coefficient (Wildman–Crippen LogP) is 5.29. The molecule has 0 radical (unpaired) electrons. The highest BCUT2D eigenvalue weighted by Crippen LogP contribution is 2.37. The van der Waals surface area contributed by atoms with Gasteiger partial charge in [-0.2, -0.15) is 0 Å². The van der Waals surface area contributed by atoms with E-state index in [2.05, 4.69) is 15.5 Å². The number of nitrogens with one attached hydrogen (secondary N) is 2. The maximum absolute atomic E-state index is 13.8. The lowest BCUT2D eigenvalue weighted by Gasteiger charge is -2.28. The van der Waals surface area contributed by atoms with Crippen molar-refractivity contribution in [3.63, 3.8) is 0 Å². The van der Waals surface area contributed by atoms with Gasteiger partial charge >= 0.3 is 0 Å². The molecule has 1 aliphatic heterocycles. The van der Waals surface area contributed by atoms with Crippen molar-refractivity contribution in [2.45, 2.75) is 53.4 Å². The highest BCUT2D eigenvalue weighted by Gasteiger charge is 2.29. The molecule has 1 aliphatic carbocycles. The Bertz CT molecular complexity index is 1500. The summed E-state index contributed by atoms with van der Waals surface area (Å²) < 4.78 is 17.3. The van der Waals surface area contributed by atoms with Crippen LogP contribution < -0.4 is 25.0 Å². The average molecular weight is 661 g/mol. The number of hydrogen-bond donors (Lipinski definition) is 2. The molecule has 1 saturated heterocycles. The number of aldehydes is 1. The van der Waals surface area contributed by atoms with Crippen LogP contribution in [-0.4, -0.2) is 89.7 Å². The van der Waals surface area contributed by atoms with Gasteiger partial charge < -0.3 is 29.7 Å². The molecule has 0 unspecified atom stereocenters. The van der Waals surface area contributed by atoms with E-state index in [4.69, 9.17) is 14.2 Å². The van der Waals surface area contributed by atoms with Crippen LogP contribution in [0.15, 0.2) is 53.3 Å². The van der Waals surface area contributed by atoms with Gasteiger partial charge in [0.1, 0.15) is 12.9 Å². The number of amides is 2. The SMILES string of the molecule is CCN(C(=O)C1CCCC1)c1cc(-c2ccc(OCCN3CCOCC3)c(OC)c2)cc(C(=O)NC/C(C=O)=C(C)/C=C(/C)NC)c1C. The lowest BCUT2D eigenvalue weighted by atomic mass is 9.95. The van der Waals surface area contributed by atoms with Crippen molar-refractivity contribution in [2.24, 2.45) is 5.92 Å². The summed E-state index contributed by atoms with van der Waals surface area (Å²) in [7, 11) is 3.43. The van der Waals surface area contributed by atoms with Crippen LogP contribution in [0.5, 0.6) is 11.5 Å². The quantitative estimate of drug-likeness (QED) is 0.151. The van der Waals surface area contributed by atoms with Gasteiger partial charge in [-0.3, -0.25) is 19.3 Å². The molecule has 10 nitrogen and oxygen atoms in total. The number of ether oxygens (including phenoxy) is 3. The summed E-state index contributed by atoms with van der Waals surface area (Å²) in [4.78, 5) is 43.7. The fraction of sp³-hybridized carbons (Fsp3) is 0.500. The lowest BCUT2D eigenvalue weighted by molar-refractivity contribution is -0.122. The minimum Gasteiger partial charge on any atom is -0.493 e. The fourth-order valence-corrected chi connectivity index (χ4v) is 6.33. The van der Waals surface area contributed by atoms with Gasteiger partial charge in [-0.25, -0.2) is 0 Å². The van der Waals surface area contributed by atoms with E-state index in [0.29, 0.717) is 47.0 Å². The number of hydrogen-bond acceptors (Lipinski definition) is 8. The van der Waals surface area contributed by atoms with Crippen molar-refractivity contribution in [3.8, 4) is 22.6 Å². The molecule has 4 rings (SSSR count). The largest absolute Gasteiger partial charge is 0.493 e. The maximum Gasteiger partial charge on any atom is 0.251 e. The van der Waals surface area contributed by atoms with Gasteiger partial charge in [0, 0.05) is 68.2 Å². The van der Waals surface area contributed by atoms with Crippen LogP contribution in [0.25, 0.3) is 11.1 Å². The number of carbonyl (C=O) groups is 3. The molecule has 2 fully saturated rings. The molecule has 2 N–H and O–H groups in total. The minimum atomic E-state index is -0.323. The van der Waals surface area contributed by atoms with Crippen molar-refractivity contribution in [2.75, 3.05) is 71.6 Å². The molecule has 0 atom stereocenters. The Morgan fingerprint density at radius 3 is 2.44 bits per heavy atom. The van der Waals surface area contributed by atoms with Gasteiger partial charge in [-0.15, -0.1) is 0 Å². The number of carbonyl (C=O) groups excluding carboxylic acids is 3. The third kappa shape index (κ3) is 9.26. The monoisotopic (exact) mass is 660 g/mol. The fourth-order valence-electron chi connectivity index (χ4n) is 6.33. The van der Waals surface area contributed by atoms with Crippen molar-refractivity contribution < 1.29 is 28.6 Å². The van der Waals surface area contributed by atoms with E-state index >= 15 is 0 Å². The van der Waals surface area contributed by atoms with E-state index < -0.39 is 0 Å². The number of anilines is 1. The van der Waals surface area contributed by atoms with Gasteiger partial charge in [0.2, 0.25) is 5.91 Å². The topological polar surface area (TPSA) is 109 Å². The van der Waals surface area contributed by atoms with Crippen LogP contribution in [0.4, 0.5) is 5.69 Å². The molecule has 0 bridgehead atoms. The predicted molar refractivity (Wildman–Crippen MR) is 190 cm³/mol. The van der Waals surface area contributed by atoms with Crippen LogP contribution in [0.2, 0.25) is 0 Å². The standard InChI is InChI=1S/C38H52N4O6/c1-7-42(38(45)29-10-8-9-11-29)34-22-31(21-33(28(34)4)37(44)40-24-32(25-43)26(2)20-27(3)39-5)30-12-13-35(36(23-30)46-6)48-19-16-41-14-17-47-18-15-41/h12-13,20-23,25,29,39H,7-11,14-19,24H2,1-6H3,(H,40,44)/b27-20-,32-26-. The van der Waals surface area contributed by atoms with Gasteiger partial charge in [0.05, 0.1) is 20.3 Å². The second-order valence-corrected chi connectivity index (χ2v) is 12.5. The van der Waals surface area contributed by atoms with Crippen LogP contribution >= 0.6 is 0 Å². The zero-order valence-corrected chi connectivity index (χ0v) is 29.4. The van der Waals surface area contributed by atoms with Crippen LogP contribution in [0.1, 0.15) is 62.4 Å². The Labute approximate surface area is 285 Å². The molecule has 0 aromatic heterocycles. The van der Waals surface area contributed by atoms with Crippen LogP contribution in [0.3, 0.4) is 0 Å². The summed E-state index contributed by atoms with van der Waals surface area (Å²) >= 11 is 0. The number of methoxy groups -OCH3 is 1. The summed E-state index contributed by atoms with van der Waals surface area (Å²) in [5, 5.41) is 6.00. The highest BCUT2D eigenvalue weighted by atomic mass is 16.5. The van der Waals surface area contributed by atoms with Crippen molar-refractivity contribution in [1.82, 2.24) is 15.5 Å². The van der Waals surface area contributed by atoms with E-state index in [1.54, 1.807) is 7.11 Å². The minimum absolute atomic E-state index is 0.0170. The smallest absolute Gasteiger partial charge is 0.251 e. The normalized spacial score (nSPS) is 16.2. The molecule has 48 heavy (non-hydrogen) atoms. The van der Waals surface area contributed by atoms with Gasteiger partial charge in [-0.1, -0.05) is 18.9 Å². The zero-order valence-electron chi connectivity index (χ0n) is 29.4. The molecule has 1 heterocycles. The van der Waals surface area contributed by atoms with Gasteiger partial charge in [0.15, 0.2) is 11.5 Å². The van der Waals surface area contributed by atoms with Crippen LogP contribution in [-0.2, 0) is 14.3 Å². The molecular weight excluding hydrogens is 608 g/mol. The summed E-state index contributed by atoms with van der Waals surface area (Å²) in [6.07, 6.45) is 6.52. The lowest BCUT2D eigenvalue weighted by Crippen LogP contribution is -2.38. The Morgan fingerprint density at radius 2 is 1.79 bits per heavy atom.